The zero-order valence-corrected chi connectivity index (χ0v) is 12.3. The first kappa shape index (κ1) is 15.9. The maximum Gasteiger partial charge on any atom is 0.191 e. The standard InChI is InChI=1S/C16H23N3O/c1-4-13-20-15-9-7-14(8-10-15)11-12-18-16(17)19(5-2)6-3/h1,7-10H,5-6,11-13H2,2-3H3,(H2,17,18). The Morgan fingerprint density at radius 3 is 2.50 bits per heavy atom. The molecule has 0 unspecified atom stereocenters. The molecule has 0 saturated heterocycles. The van der Waals surface area contributed by atoms with E-state index in [9.17, 15) is 0 Å². The molecule has 0 saturated carbocycles. The lowest BCUT2D eigenvalue weighted by molar-refractivity contribution is 0.370. The third-order valence-corrected chi connectivity index (χ3v) is 3.01. The predicted octanol–water partition coefficient (Wildman–Crippen LogP) is 1.90. The first-order chi connectivity index (χ1) is 9.71. The average Bonchev–Trinajstić information content (AvgIpc) is 2.47. The van der Waals surface area contributed by atoms with E-state index in [4.69, 9.17) is 16.9 Å². The molecule has 0 spiro atoms. The van der Waals surface area contributed by atoms with E-state index in [0.29, 0.717) is 19.1 Å². The zero-order valence-electron chi connectivity index (χ0n) is 12.3. The van der Waals surface area contributed by atoms with Crippen molar-refractivity contribution in [2.75, 3.05) is 26.2 Å². The highest BCUT2D eigenvalue weighted by Crippen LogP contribution is 2.12. The van der Waals surface area contributed by atoms with Crippen LogP contribution in [0.2, 0.25) is 0 Å². The van der Waals surface area contributed by atoms with E-state index < -0.39 is 0 Å². The molecule has 0 aromatic heterocycles. The van der Waals surface area contributed by atoms with Crippen LogP contribution >= 0.6 is 0 Å². The summed E-state index contributed by atoms with van der Waals surface area (Å²) in [6.45, 7) is 6.89. The van der Waals surface area contributed by atoms with Crippen LogP contribution in [0.1, 0.15) is 19.4 Å². The Labute approximate surface area is 121 Å². The number of nitrogens with zero attached hydrogens (tertiary/aromatic N) is 2. The van der Waals surface area contributed by atoms with Gasteiger partial charge in [0.1, 0.15) is 12.4 Å². The van der Waals surface area contributed by atoms with E-state index in [1.54, 1.807) is 0 Å². The number of guanidine groups is 1. The Morgan fingerprint density at radius 2 is 1.95 bits per heavy atom. The van der Waals surface area contributed by atoms with Crippen molar-refractivity contribution in [2.24, 2.45) is 10.7 Å². The summed E-state index contributed by atoms with van der Waals surface area (Å²) in [5.74, 6) is 3.85. The summed E-state index contributed by atoms with van der Waals surface area (Å²) in [7, 11) is 0. The fourth-order valence-corrected chi connectivity index (χ4v) is 1.82. The first-order valence-corrected chi connectivity index (χ1v) is 6.91. The van der Waals surface area contributed by atoms with Crippen molar-refractivity contribution in [3.05, 3.63) is 29.8 Å². The third kappa shape index (κ3) is 5.23. The Bertz CT molecular complexity index is 456. The van der Waals surface area contributed by atoms with Crippen molar-refractivity contribution in [1.29, 1.82) is 0 Å². The molecule has 2 N–H and O–H groups in total. The molecule has 0 radical (unpaired) electrons. The SMILES string of the molecule is C#CCOc1ccc(CCN=C(N)N(CC)CC)cc1. The van der Waals surface area contributed by atoms with Gasteiger partial charge in [0.05, 0.1) is 0 Å². The molecule has 0 heterocycles. The van der Waals surface area contributed by atoms with Gasteiger partial charge in [0.2, 0.25) is 0 Å². The van der Waals surface area contributed by atoms with Crippen LogP contribution in [-0.4, -0.2) is 37.1 Å². The fourth-order valence-electron chi connectivity index (χ4n) is 1.82. The molecule has 0 aliphatic rings. The molecular weight excluding hydrogens is 250 g/mol. The molecule has 0 aliphatic carbocycles. The van der Waals surface area contributed by atoms with Gasteiger partial charge in [-0.2, -0.15) is 0 Å². The van der Waals surface area contributed by atoms with E-state index in [2.05, 4.69) is 24.8 Å². The molecule has 1 aromatic carbocycles. The molecule has 1 aromatic rings. The summed E-state index contributed by atoms with van der Waals surface area (Å²) in [4.78, 5) is 6.43. The van der Waals surface area contributed by atoms with Crippen molar-refractivity contribution in [2.45, 2.75) is 20.3 Å². The van der Waals surface area contributed by atoms with Crippen molar-refractivity contribution in [1.82, 2.24) is 4.90 Å². The first-order valence-electron chi connectivity index (χ1n) is 6.91. The van der Waals surface area contributed by atoms with Crippen LogP contribution in [0.3, 0.4) is 0 Å². The van der Waals surface area contributed by atoms with Gasteiger partial charge in [0.25, 0.3) is 0 Å². The summed E-state index contributed by atoms with van der Waals surface area (Å²) < 4.78 is 5.32. The van der Waals surface area contributed by atoms with E-state index >= 15 is 0 Å². The minimum absolute atomic E-state index is 0.296. The van der Waals surface area contributed by atoms with Gasteiger partial charge >= 0.3 is 0 Å². The molecule has 0 fully saturated rings. The van der Waals surface area contributed by atoms with E-state index in [1.807, 2.05) is 29.2 Å². The fraction of sp³-hybridized carbons (Fsp3) is 0.438. The second-order valence-electron chi connectivity index (χ2n) is 4.30. The Hall–Kier alpha value is -2.15. The topological polar surface area (TPSA) is 50.9 Å². The van der Waals surface area contributed by atoms with Crippen LogP contribution in [0, 0.1) is 12.3 Å². The summed E-state index contributed by atoms with van der Waals surface area (Å²) in [5, 5.41) is 0. The molecule has 0 amide bonds. The van der Waals surface area contributed by atoms with Crippen molar-refractivity contribution in [3.8, 4) is 18.1 Å². The van der Waals surface area contributed by atoms with Crippen LogP contribution in [0.15, 0.2) is 29.3 Å². The second kappa shape index (κ2) is 8.87. The van der Waals surface area contributed by atoms with Gasteiger partial charge in [-0.05, 0) is 38.0 Å². The van der Waals surface area contributed by atoms with Crippen LogP contribution in [-0.2, 0) is 6.42 Å². The maximum absolute atomic E-state index is 5.92. The normalized spacial score (nSPS) is 10.9. The number of aliphatic imine (C=N–C) groups is 1. The molecule has 108 valence electrons. The van der Waals surface area contributed by atoms with Gasteiger partial charge in [-0.1, -0.05) is 18.1 Å². The lowest BCUT2D eigenvalue weighted by Gasteiger charge is -2.19. The summed E-state index contributed by atoms with van der Waals surface area (Å²) in [6, 6.07) is 7.89. The van der Waals surface area contributed by atoms with Crippen LogP contribution in [0.5, 0.6) is 5.75 Å². The quantitative estimate of drug-likeness (QED) is 0.469. The van der Waals surface area contributed by atoms with E-state index in [1.165, 1.54) is 5.56 Å². The minimum Gasteiger partial charge on any atom is -0.481 e. The Balaban J connectivity index is 2.46. The van der Waals surface area contributed by atoms with Crippen LogP contribution in [0.4, 0.5) is 0 Å². The smallest absolute Gasteiger partial charge is 0.191 e. The minimum atomic E-state index is 0.296. The van der Waals surface area contributed by atoms with Crippen LogP contribution < -0.4 is 10.5 Å². The highest BCUT2D eigenvalue weighted by Gasteiger charge is 2.01. The van der Waals surface area contributed by atoms with E-state index in [-0.39, 0.29) is 0 Å². The van der Waals surface area contributed by atoms with Crippen molar-refractivity contribution < 1.29 is 4.74 Å². The molecule has 0 bridgehead atoms. The number of hydrogen-bond donors (Lipinski definition) is 1. The molecule has 20 heavy (non-hydrogen) atoms. The maximum atomic E-state index is 5.92. The summed E-state index contributed by atoms with van der Waals surface area (Å²) in [5.41, 5.74) is 7.12. The Morgan fingerprint density at radius 1 is 1.30 bits per heavy atom. The lowest BCUT2D eigenvalue weighted by Crippen LogP contribution is -2.37. The highest BCUT2D eigenvalue weighted by atomic mass is 16.5. The number of terminal acetylenes is 1. The number of hydrogen-bond acceptors (Lipinski definition) is 2. The monoisotopic (exact) mass is 273 g/mol. The molecule has 0 aliphatic heterocycles. The van der Waals surface area contributed by atoms with Gasteiger partial charge in [-0.25, -0.2) is 0 Å². The summed E-state index contributed by atoms with van der Waals surface area (Å²) >= 11 is 0. The summed E-state index contributed by atoms with van der Waals surface area (Å²) in [6.07, 6.45) is 6.00. The number of nitrogens with two attached hydrogens (primary N) is 1. The highest BCUT2D eigenvalue weighted by molar-refractivity contribution is 5.77. The average molecular weight is 273 g/mol. The Kier molecular flexibility index (Phi) is 7.05. The molecule has 4 nitrogen and oxygen atoms in total. The van der Waals surface area contributed by atoms with E-state index in [0.717, 1.165) is 25.3 Å². The van der Waals surface area contributed by atoms with Gasteiger partial charge in [-0.15, -0.1) is 6.42 Å². The molecular formula is C16H23N3O. The van der Waals surface area contributed by atoms with Gasteiger partial charge in [-0.3, -0.25) is 4.99 Å². The zero-order chi connectivity index (χ0) is 14.8. The predicted molar refractivity (Wildman–Crippen MR) is 83.9 cm³/mol. The largest absolute Gasteiger partial charge is 0.481 e. The van der Waals surface area contributed by atoms with Gasteiger partial charge < -0.3 is 15.4 Å². The number of benzene rings is 1. The molecule has 1 rings (SSSR count). The van der Waals surface area contributed by atoms with Gasteiger partial charge in [0.15, 0.2) is 5.96 Å². The van der Waals surface area contributed by atoms with Crippen molar-refractivity contribution >= 4 is 5.96 Å². The third-order valence-electron chi connectivity index (χ3n) is 3.01. The second-order valence-corrected chi connectivity index (χ2v) is 4.30. The lowest BCUT2D eigenvalue weighted by atomic mass is 10.1. The number of ether oxygens (including phenoxy) is 1. The number of rotatable bonds is 7. The van der Waals surface area contributed by atoms with Crippen LogP contribution in [0.25, 0.3) is 0 Å². The molecule has 4 heteroatoms. The molecule has 0 atom stereocenters. The van der Waals surface area contributed by atoms with Crippen molar-refractivity contribution in [3.63, 3.8) is 0 Å². The van der Waals surface area contributed by atoms with Gasteiger partial charge in [0, 0.05) is 19.6 Å².